The number of nitro benzene ring substituents is 1. The van der Waals surface area contributed by atoms with E-state index in [4.69, 9.17) is 0 Å². The van der Waals surface area contributed by atoms with Crippen LogP contribution in [-0.4, -0.2) is 4.92 Å². The van der Waals surface area contributed by atoms with Gasteiger partial charge in [-0.3, -0.25) is 10.1 Å². The highest BCUT2D eigenvalue weighted by molar-refractivity contribution is 9.08. The second-order valence-corrected chi connectivity index (χ2v) is 2.95. The number of nitro groups is 1. The number of rotatable bonds is 2. The van der Waals surface area contributed by atoms with Gasteiger partial charge in [-0.2, -0.15) is 4.39 Å². The van der Waals surface area contributed by atoms with Gasteiger partial charge in [0.25, 0.3) is 0 Å². The molecule has 76 valence electrons. The molecule has 0 radical (unpaired) electrons. The maximum Gasteiger partial charge on any atom is 0.312 e. The van der Waals surface area contributed by atoms with Gasteiger partial charge in [0.1, 0.15) is 0 Å². The lowest BCUT2D eigenvalue weighted by Gasteiger charge is -2.01. The third-order valence-electron chi connectivity index (χ3n) is 1.54. The zero-order chi connectivity index (χ0) is 10.9. The SMILES string of the molecule is O=[N+]([O-])c1c(CBr)cc(F)c(F)c1F. The van der Waals surface area contributed by atoms with Gasteiger partial charge >= 0.3 is 5.69 Å². The number of alkyl halides is 1. The summed E-state index contributed by atoms with van der Waals surface area (Å²) in [4.78, 5) is 9.23. The van der Waals surface area contributed by atoms with Crippen molar-refractivity contribution < 1.29 is 18.1 Å². The van der Waals surface area contributed by atoms with Gasteiger partial charge in [-0.15, -0.1) is 0 Å². The molecule has 0 bridgehead atoms. The summed E-state index contributed by atoms with van der Waals surface area (Å²) in [5.41, 5.74) is -1.29. The van der Waals surface area contributed by atoms with Crippen molar-refractivity contribution in [3.63, 3.8) is 0 Å². The van der Waals surface area contributed by atoms with E-state index < -0.39 is 28.1 Å². The standard InChI is InChI=1S/C7H3BrF3NO2/c8-2-3-1-4(9)5(10)6(11)7(3)12(13)14/h1H,2H2. The Labute approximate surface area is 84.8 Å². The highest BCUT2D eigenvalue weighted by Crippen LogP contribution is 2.28. The van der Waals surface area contributed by atoms with Gasteiger partial charge in [-0.25, -0.2) is 8.78 Å². The van der Waals surface area contributed by atoms with Crippen LogP contribution in [0.25, 0.3) is 0 Å². The Hall–Kier alpha value is -1.11. The van der Waals surface area contributed by atoms with Gasteiger partial charge in [0.05, 0.1) is 4.92 Å². The fourth-order valence-electron chi connectivity index (χ4n) is 0.934. The number of halogens is 4. The van der Waals surface area contributed by atoms with Gasteiger partial charge in [-0.05, 0) is 6.07 Å². The molecule has 1 aromatic rings. The van der Waals surface area contributed by atoms with Gasteiger partial charge < -0.3 is 0 Å². The zero-order valence-corrected chi connectivity index (χ0v) is 8.15. The molecule has 14 heavy (non-hydrogen) atoms. The molecule has 0 aliphatic rings. The van der Waals surface area contributed by atoms with Gasteiger partial charge in [-0.1, -0.05) is 15.9 Å². The predicted molar refractivity (Wildman–Crippen MR) is 45.6 cm³/mol. The molecule has 0 amide bonds. The van der Waals surface area contributed by atoms with Crippen molar-refractivity contribution >= 4 is 21.6 Å². The van der Waals surface area contributed by atoms with E-state index in [1.165, 1.54) is 0 Å². The molecule has 3 nitrogen and oxygen atoms in total. The molecule has 0 unspecified atom stereocenters. The minimum Gasteiger partial charge on any atom is -0.258 e. The first-order valence-electron chi connectivity index (χ1n) is 3.35. The highest BCUT2D eigenvalue weighted by atomic mass is 79.9. The predicted octanol–water partition coefficient (Wildman–Crippen LogP) is 2.91. The zero-order valence-electron chi connectivity index (χ0n) is 6.56. The first-order chi connectivity index (χ1) is 6.49. The van der Waals surface area contributed by atoms with Crippen LogP contribution < -0.4 is 0 Å². The van der Waals surface area contributed by atoms with Crippen LogP contribution in [0.1, 0.15) is 5.56 Å². The summed E-state index contributed by atoms with van der Waals surface area (Å²) < 4.78 is 38.1. The molecule has 0 spiro atoms. The van der Waals surface area contributed by atoms with Crippen LogP contribution in [0.2, 0.25) is 0 Å². The third kappa shape index (κ3) is 1.72. The summed E-state index contributed by atoms with van der Waals surface area (Å²) in [6, 6.07) is 0.589. The van der Waals surface area contributed by atoms with Crippen molar-refractivity contribution in [1.82, 2.24) is 0 Å². The Morgan fingerprint density at radius 1 is 1.36 bits per heavy atom. The van der Waals surface area contributed by atoms with E-state index in [0.717, 1.165) is 0 Å². The quantitative estimate of drug-likeness (QED) is 0.359. The number of nitrogens with zero attached hydrogens (tertiary/aromatic N) is 1. The van der Waals surface area contributed by atoms with E-state index >= 15 is 0 Å². The normalized spacial score (nSPS) is 10.3. The largest absolute Gasteiger partial charge is 0.312 e. The molecule has 0 fully saturated rings. The van der Waals surface area contributed by atoms with Gasteiger partial charge in [0.2, 0.25) is 11.6 Å². The average Bonchev–Trinajstić information content (AvgIpc) is 2.12. The number of benzene rings is 1. The van der Waals surface area contributed by atoms with Crippen LogP contribution in [0, 0.1) is 27.6 Å². The fraction of sp³-hybridized carbons (Fsp3) is 0.143. The minimum absolute atomic E-state index is 0.128. The van der Waals surface area contributed by atoms with E-state index in [2.05, 4.69) is 15.9 Å². The highest BCUT2D eigenvalue weighted by Gasteiger charge is 2.26. The Balaban J connectivity index is 3.53. The van der Waals surface area contributed by atoms with Crippen molar-refractivity contribution in [2.45, 2.75) is 5.33 Å². The van der Waals surface area contributed by atoms with Crippen molar-refractivity contribution in [2.75, 3.05) is 0 Å². The number of hydrogen-bond donors (Lipinski definition) is 0. The lowest BCUT2D eigenvalue weighted by molar-refractivity contribution is -0.388. The monoisotopic (exact) mass is 269 g/mol. The minimum atomic E-state index is -1.83. The van der Waals surface area contributed by atoms with Gasteiger partial charge in [0.15, 0.2) is 5.82 Å². The molecular formula is C7H3BrF3NO2. The van der Waals surface area contributed by atoms with E-state index in [0.29, 0.717) is 6.07 Å². The topological polar surface area (TPSA) is 43.1 Å². The molecule has 0 saturated carbocycles. The first-order valence-corrected chi connectivity index (χ1v) is 4.48. The summed E-state index contributed by atoms with van der Waals surface area (Å²) in [5, 5.41) is 10.2. The summed E-state index contributed by atoms with van der Waals surface area (Å²) in [5.74, 6) is -5.05. The van der Waals surface area contributed by atoms with E-state index in [1.807, 2.05) is 0 Å². The van der Waals surface area contributed by atoms with Crippen LogP contribution in [0.5, 0.6) is 0 Å². The fourth-order valence-corrected chi connectivity index (χ4v) is 1.36. The average molecular weight is 270 g/mol. The van der Waals surface area contributed by atoms with Crippen molar-refractivity contribution in [2.24, 2.45) is 0 Å². The van der Waals surface area contributed by atoms with E-state index in [-0.39, 0.29) is 10.9 Å². The summed E-state index contributed by atoms with van der Waals surface area (Å²) >= 11 is 2.81. The van der Waals surface area contributed by atoms with Gasteiger partial charge in [0, 0.05) is 10.9 Å². The van der Waals surface area contributed by atoms with E-state index in [1.54, 1.807) is 0 Å². The second kappa shape index (κ2) is 3.95. The lowest BCUT2D eigenvalue weighted by atomic mass is 10.2. The maximum atomic E-state index is 12.9. The van der Waals surface area contributed by atoms with E-state index in [9.17, 15) is 23.3 Å². The molecule has 0 aliphatic carbocycles. The molecule has 0 aromatic heterocycles. The van der Waals surface area contributed by atoms with Crippen LogP contribution in [0.3, 0.4) is 0 Å². The molecule has 0 N–H and O–H groups in total. The smallest absolute Gasteiger partial charge is 0.258 e. The Bertz CT molecular complexity index is 397. The van der Waals surface area contributed by atoms with Crippen LogP contribution in [0.15, 0.2) is 6.07 Å². The van der Waals surface area contributed by atoms with Crippen molar-refractivity contribution in [3.8, 4) is 0 Å². The maximum absolute atomic E-state index is 12.9. The molecule has 7 heteroatoms. The van der Waals surface area contributed by atoms with Crippen LogP contribution >= 0.6 is 15.9 Å². The second-order valence-electron chi connectivity index (χ2n) is 2.38. The Kier molecular flexibility index (Phi) is 3.10. The molecule has 1 aromatic carbocycles. The van der Waals surface area contributed by atoms with Crippen LogP contribution in [0.4, 0.5) is 18.9 Å². The Morgan fingerprint density at radius 3 is 2.36 bits per heavy atom. The molecule has 0 aliphatic heterocycles. The molecule has 0 heterocycles. The molecular weight excluding hydrogens is 267 g/mol. The third-order valence-corrected chi connectivity index (χ3v) is 2.15. The van der Waals surface area contributed by atoms with Crippen LogP contribution in [-0.2, 0) is 5.33 Å². The summed E-state index contributed by atoms with van der Waals surface area (Å²) in [7, 11) is 0. The summed E-state index contributed by atoms with van der Waals surface area (Å²) in [6.45, 7) is 0. The lowest BCUT2D eigenvalue weighted by Crippen LogP contribution is -2.02. The molecule has 0 atom stereocenters. The molecule has 0 saturated heterocycles. The van der Waals surface area contributed by atoms with Crippen molar-refractivity contribution in [3.05, 3.63) is 39.2 Å². The Morgan fingerprint density at radius 2 is 1.93 bits per heavy atom. The number of hydrogen-bond acceptors (Lipinski definition) is 2. The molecule has 1 rings (SSSR count). The summed E-state index contributed by atoms with van der Waals surface area (Å²) in [6.07, 6.45) is 0. The first kappa shape index (κ1) is 11.0. The van der Waals surface area contributed by atoms with Crippen molar-refractivity contribution in [1.29, 1.82) is 0 Å².